The molecule has 0 aliphatic heterocycles. The smallest absolute Gasteiger partial charge is 0.218 e. The number of hydrogen-bond donors (Lipinski definition) is 0. The van der Waals surface area contributed by atoms with E-state index in [0.717, 1.165) is 25.7 Å². The monoisotopic (exact) mass is 457 g/mol. The first-order valence-corrected chi connectivity index (χ1v) is 9.21. The Morgan fingerprint density at radius 2 is 1.96 bits per heavy atom. The molecule has 7 heteroatoms. The van der Waals surface area contributed by atoms with Gasteiger partial charge in [0.2, 0.25) is 5.88 Å². The molecule has 118 valence electrons. The van der Waals surface area contributed by atoms with E-state index in [9.17, 15) is 0 Å². The summed E-state index contributed by atoms with van der Waals surface area (Å²) in [5.41, 5.74) is 2.06. The van der Waals surface area contributed by atoms with Crippen molar-refractivity contribution in [3.63, 3.8) is 0 Å². The summed E-state index contributed by atoms with van der Waals surface area (Å²) in [6.45, 7) is 0. The van der Waals surface area contributed by atoms with Crippen LogP contribution in [0.3, 0.4) is 0 Å². The lowest BCUT2D eigenvalue weighted by atomic mass is 10.1. The molecule has 1 aromatic carbocycles. The van der Waals surface area contributed by atoms with Crippen LogP contribution in [0.4, 0.5) is 0 Å². The van der Waals surface area contributed by atoms with Crippen molar-refractivity contribution in [3.8, 4) is 11.7 Å². The molecule has 0 saturated heterocycles. The average Bonchev–Trinajstić information content (AvgIpc) is 2.93. The summed E-state index contributed by atoms with van der Waals surface area (Å²) in [5, 5.41) is 5.37. The van der Waals surface area contributed by atoms with E-state index in [0.29, 0.717) is 18.6 Å². The number of rotatable bonds is 5. The fraction of sp³-hybridized carbons (Fsp3) is 0.125. The van der Waals surface area contributed by atoms with E-state index in [1.165, 1.54) is 0 Å². The number of ether oxygens (including phenoxy) is 1. The van der Waals surface area contributed by atoms with Gasteiger partial charge < -0.3 is 4.74 Å². The van der Waals surface area contributed by atoms with Gasteiger partial charge in [-0.2, -0.15) is 9.78 Å². The molecule has 1 unspecified atom stereocenters. The summed E-state index contributed by atoms with van der Waals surface area (Å²) < 4.78 is 8.50. The van der Waals surface area contributed by atoms with Crippen LogP contribution in [0.1, 0.15) is 11.3 Å². The highest BCUT2D eigenvalue weighted by Crippen LogP contribution is 2.22. The minimum atomic E-state index is 0.496. The van der Waals surface area contributed by atoms with Gasteiger partial charge in [0, 0.05) is 27.3 Å². The molecule has 3 aromatic rings. The van der Waals surface area contributed by atoms with Gasteiger partial charge in [0.05, 0.1) is 5.69 Å². The number of nitrogens with zero attached hydrogens (tertiary/aromatic N) is 3. The molecular weight excluding hydrogens is 444 g/mol. The normalized spacial score (nSPS) is 10.7. The average molecular weight is 458 g/mol. The Labute approximate surface area is 155 Å². The van der Waals surface area contributed by atoms with Crippen LogP contribution in [-0.2, 0) is 6.42 Å². The Bertz CT molecular complexity index is 807. The second-order valence-electron chi connectivity index (χ2n) is 4.83. The third-order valence-corrected chi connectivity index (χ3v) is 4.27. The summed E-state index contributed by atoms with van der Waals surface area (Å²) in [4.78, 5) is 4.38. The molecule has 1 atom stereocenters. The Morgan fingerprint density at radius 3 is 2.65 bits per heavy atom. The van der Waals surface area contributed by atoms with E-state index in [1.54, 1.807) is 10.9 Å². The van der Waals surface area contributed by atoms with Crippen LogP contribution in [0, 0.1) is 3.57 Å². The van der Waals surface area contributed by atoms with E-state index in [-0.39, 0.29) is 0 Å². The van der Waals surface area contributed by atoms with Gasteiger partial charge >= 0.3 is 0 Å². The molecule has 0 fully saturated rings. The maximum Gasteiger partial charge on any atom is 0.218 e. The molecule has 0 N–H and O–H groups in total. The van der Waals surface area contributed by atoms with Gasteiger partial charge in [0.15, 0.2) is 5.82 Å². The van der Waals surface area contributed by atoms with Crippen molar-refractivity contribution < 1.29 is 4.74 Å². The van der Waals surface area contributed by atoms with Crippen molar-refractivity contribution in [1.29, 1.82) is 0 Å². The highest BCUT2D eigenvalue weighted by Gasteiger charge is 2.12. The van der Waals surface area contributed by atoms with Crippen LogP contribution in [0.2, 0.25) is 5.02 Å². The van der Waals surface area contributed by atoms with Crippen LogP contribution < -0.4 is 4.74 Å². The minimum Gasteiger partial charge on any atom is -0.474 e. The number of hydrogen-bond acceptors (Lipinski definition) is 3. The summed E-state index contributed by atoms with van der Waals surface area (Å²) in [6.07, 6.45) is 2.97. The quantitative estimate of drug-likeness (QED) is 0.423. The summed E-state index contributed by atoms with van der Waals surface area (Å²) in [6, 6.07) is 13.6. The molecule has 2 heterocycles. The number of halogens is 2. The van der Waals surface area contributed by atoms with E-state index in [1.807, 2.05) is 42.5 Å². The van der Waals surface area contributed by atoms with Crippen molar-refractivity contribution in [2.24, 2.45) is 0 Å². The second-order valence-corrected chi connectivity index (χ2v) is 6.85. The van der Waals surface area contributed by atoms with Gasteiger partial charge in [-0.25, -0.2) is 4.98 Å². The standard InChI is InChI=1S/C16H14ClIN3OP/c17-12-3-1-11(2-4-12)7-14-9-16(22-10-23)21(20-14)15-8-13(18)5-6-19-15/h1-6,8-9H,7,10,23H2. The van der Waals surface area contributed by atoms with Gasteiger partial charge in [-0.15, -0.1) is 0 Å². The molecule has 0 amide bonds. The topological polar surface area (TPSA) is 39.9 Å². The maximum absolute atomic E-state index is 5.93. The third kappa shape index (κ3) is 4.22. The van der Waals surface area contributed by atoms with Crippen molar-refractivity contribution in [3.05, 3.63) is 68.5 Å². The van der Waals surface area contributed by atoms with E-state index in [2.05, 4.69) is 41.9 Å². The van der Waals surface area contributed by atoms with Gasteiger partial charge in [-0.3, -0.25) is 0 Å². The van der Waals surface area contributed by atoms with Gasteiger partial charge in [-0.05, 0) is 52.4 Å². The molecule has 0 aliphatic rings. The zero-order valence-electron chi connectivity index (χ0n) is 12.1. The highest BCUT2D eigenvalue weighted by molar-refractivity contribution is 14.1. The molecule has 3 rings (SSSR count). The highest BCUT2D eigenvalue weighted by atomic mass is 127. The molecule has 0 saturated carbocycles. The maximum atomic E-state index is 5.93. The van der Waals surface area contributed by atoms with E-state index >= 15 is 0 Å². The molecular formula is C16H14ClIN3OP. The van der Waals surface area contributed by atoms with Crippen LogP contribution in [0.15, 0.2) is 48.7 Å². The number of benzene rings is 1. The third-order valence-electron chi connectivity index (χ3n) is 3.18. The van der Waals surface area contributed by atoms with Gasteiger partial charge in [0.1, 0.15) is 6.35 Å². The fourth-order valence-electron chi connectivity index (χ4n) is 2.17. The Morgan fingerprint density at radius 1 is 1.17 bits per heavy atom. The summed E-state index contributed by atoms with van der Waals surface area (Å²) >= 11 is 8.18. The Kier molecular flexibility index (Phi) is 5.51. The van der Waals surface area contributed by atoms with E-state index in [4.69, 9.17) is 16.3 Å². The fourth-order valence-corrected chi connectivity index (χ4v) is 2.91. The zero-order valence-corrected chi connectivity index (χ0v) is 16.2. The molecule has 2 aromatic heterocycles. The van der Waals surface area contributed by atoms with Crippen molar-refractivity contribution >= 4 is 43.4 Å². The Hall–Kier alpha value is -1.17. The Balaban J connectivity index is 1.93. The van der Waals surface area contributed by atoms with Crippen LogP contribution in [-0.4, -0.2) is 21.1 Å². The number of pyridine rings is 1. The molecule has 0 aliphatic carbocycles. The lowest BCUT2D eigenvalue weighted by Gasteiger charge is -2.06. The SMILES string of the molecule is PCOc1cc(Cc2ccc(Cl)cc2)nn1-c1cc(I)ccn1. The first-order valence-electron chi connectivity index (χ1n) is 6.94. The van der Waals surface area contributed by atoms with Crippen molar-refractivity contribution in [1.82, 2.24) is 14.8 Å². The van der Waals surface area contributed by atoms with Crippen molar-refractivity contribution in [2.45, 2.75) is 6.42 Å². The molecule has 23 heavy (non-hydrogen) atoms. The van der Waals surface area contributed by atoms with Crippen LogP contribution >= 0.6 is 43.4 Å². The van der Waals surface area contributed by atoms with Crippen LogP contribution in [0.5, 0.6) is 5.88 Å². The largest absolute Gasteiger partial charge is 0.474 e. The molecule has 0 bridgehead atoms. The first-order chi connectivity index (χ1) is 11.2. The second kappa shape index (κ2) is 7.60. The van der Waals surface area contributed by atoms with Gasteiger partial charge in [-0.1, -0.05) is 33.0 Å². The summed E-state index contributed by atoms with van der Waals surface area (Å²) in [7, 11) is 2.55. The molecule has 4 nitrogen and oxygen atoms in total. The minimum absolute atomic E-state index is 0.496. The molecule has 0 radical (unpaired) electrons. The van der Waals surface area contributed by atoms with Gasteiger partial charge in [0.25, 0.3) is 0 Å². The zero-order chi connectivity index (χ0) is 16.2. The lowest BCUT2D eigenvalue weighted by Crippen LogP contribution is -2.04. The molecule has 0 spiro atoms. The van der Waals surface area contributed by atoms with E-state index < -0.39 is 0 Å². The van der Waals surface area contributed by atoms with Crippen molar-refractivity contribution in [2.75, 3.05) is 6.35 Å². The number of aromatic nitrogens is 3. The predicted molar refractivity (Wildman–Crippen MR) is 104 cm³/mol. The predicted octanol–water partition coefficient (Wildman–Crippen LogP) is 4.33. The lowest BCUT2D eigenvalue weighted by molar-refractivity contribution is 0.362. The summed E-state index contributed by atoms with van der Waals surface area (Å²) in [5.74, 6) is 1.42. The van der Waals surface area contributed by atoms with Crippen LogP contribution in [0.25, 0.3) is 5.82 Å². The first kappa shape index (κ1) is 16.7.